The summed E-state index contributed by atoms with van der Waals surface area (Å²) >= 11 is 5.82. The van der Waals surface area contributed by atoms with Crippen molar-refractivity contribution in [2.75, 3.05) is 12.3 Å². The molecule has 0 saturated heterocycles. The fourth-order valence-electron chi connectivity index (χ4n) is 2.61. The average molecular weight is 337 g/mol. The van der Waals surface area contributed by atoms with Crippen molar-refractivity contribution in [2.45, 2.75) is 42.5 Å². The molecule has 0 unspecified atom stereocenters. The standard InChI is InChI=1S/C13H18ClFN2O3S/c14-9-6-10(15)11(16)7-12(9)21(19,20)17-13(8-18)4-2-1-3-5-13/h6-7,17-18H,1-5,8,16H2. The van der Waals surface area contributed by atoms with Crippen LogP contribution in [0.2, 0.25) is 5.02 Å². The zero-order valence-electron chi connectivity index (χ0n) is 11.4. The third-order valence-corrected chi connectivity index (χ3v) is 5.85. The van der Waals surface area contributed by atoms with Crippen LogP contribution in [0.3, 0.4) is 0 Å². The Morgan fingerprint density at radius 3 is 2.52 bits per heavy atom. The number of nitrogens with two attached hydrogens (primary N) is 1. The third kappa shape index (κ3) is 3.48. The van der Waals surface area contributed by atoms with Gasteiger partial charge in [-0.15, -0.1) is 0 Å². The first-order valence-electron chi connectivity index (χ1n) is 6.69. The van der Waals surface area contributed by atoms with Crippen LogP contribution in [0.25, 0.3) is 0 Å². The van der Waals surface area contributed by atoms with Gasteiger partial charge in [-0.2, -0.15) is 0 Å². The van der Waals surface area contributed by atoms with Crippen molar-refractivity contribution in [3.8, 4) is 0 Å². The molecule has 1 aliphatic rings. The van der Waals surface area contributed by atoms with E-state index in [4.69, 9.17) is 17.3 Å². The molecule has 1 saturated carbocycles. The van der Waals surface area contributed by atoms with Crippen molar-refractivity contribution in [3.05, 3.63) is 23.0 Å². The van der Waals surface area contributed by atoms with E-state index in [1.165, 1.54) is 0 Å². The Kier molecular flexibility index (Phi) is 4.77. The summed E-state index contributed by atoms with van der Waals surface area (Å²) in [5.74, 6) is -0.770. The van der Waals surface area contributed by atoms with Crippen LogP contribution < -0.4 is 10.5 Å². The Hall–Kier alpha value is -0.890. The molecule has 0 amide bonds. The Bertz CT molecular complexity index is 631. The Morgan fingerprint density at radius 1 is 1.33 bits per heavy atom. The minimum absolute atomic E-state index is 0.238. The number of aliphatic hydroxyl groups is 1. The topological polar surface area (TPSA) is 92.4 Å². The summed E-state index contributed by atoms with van der Waals surface area (Å²) in [5.41, 5.74) is 4.23. The number of nitrogen functional groups attached to an aromatic ring is 1. The smallest absolute Gasteiger partial charge is 0.242 e. The molecule has 118 valence electrons. The average Bonchev–Trinajstić information content (AvgIpc) is 2.43. The van der Waals surface area contributed by atoms with Gasteiger partial charge in [0.05, 0.1) is 22.9 Å². The van der Waals surface area contributed by atoms with Crippen LogP contribution in [0.4, 0.5) is 10.1 Å². The van der Waals surface area contributed by atoms with Gasteiger partial charge in [-0.25, -0.2) is 17.5 Å². The highest BCUT2D eigenvalue weighted by molar-refractivity contribution is 7.89. The molecule has 0 aliphatic heterocycles. The van der Waals surface area contributed by atoms with Gasteiger partial charge >= 0.3 is 0 Å². The molecule has 0 aromatic heterocycles. The number of hydrogen-bond acceptors (Lipinski definition) is 4. The van der Waals surface area contributed by atoms with Gasteiger partial charge in [0.1, 0.15) is 10.7 Å². The highest BCUT2D eigenvalue weighted by atomic mass is 35.5. The van der Waals surface area contributed by atoms with Gasteiger partial charge in [-0.3, -0.25) is 0 Å². The van der Waals surface area contributed by atoms with E-state index in [0.717, 1.165) is 31.4 Å². The fourth-order valence-corrected chi connectivity index (χ4v) is 4.61. The van der Waals surface area contributed by atoms with E-state index in [2.05, 4.69) is 4.72 Å². The summed E-state index contributed by atoms with van der Waals surface area (Å²) < 4.78 is 40.7. The maximum Gasteiger partial charge on any atom is 0.242 e. The van der Waals surface area contributed by atoms with Crippen molar-refractivity contribution in [2.24, 2.45) is 0 Å². The normalized spacial score (nSPS) is 18.6. The van der Waals surface area contributed by atoms with Crippen LogP contribution in [0.1, 0.15) is 32.1 Å². The number of benzene rings is 1. The van der Waals surface area contributed by atoms with Gasteiger partial charge in [0, 0.05) is 0 Å². The molecule has 21 heavy (non-hydrogen) atoms. The van der Waals surface area contributed by atoms with Crippen LogP contribution >= 0.6 is 11.6 Å². The zero-order chi connectivity index (χ0) is 15.7. The summed E-state index contributed by atoms with van der Waals surface area (Å²) in [4.78, 5) is -0.276. The van der Waals surface area contributed by atoms with E-state index in [0.29, 0.717) is 12.8 Å². The van der Waals surface area contributed by atoms with E-state index in [1.807, 2.05) is 0 Å². The van der Waals surface area contributed by atoms with E-state index >= 15 is 0 Å². The molecule has 1 aromatic rings. The lowest BCUT2D eigenvalue weighted by atomic mass is 9.83. The Labute approximate surface area is 128 Å². The lowest BCUT2D eigenvalue weighted by Crippen LogP contribution is -2.52. The molecule has 0 heterocycles. The molecular formula is C13H18ClFN2O3S. The van der Waals surface area contributed by atoms with Gasteiger partial charge in [0.2, 0.25) is 10.0 Å². The lowest BCUT2D eigenvalue weighted by molar-refractivity contribution is 0.142. The number of hydrogen-bond donors (Lipinski definition) is 3. The quantitative estimate of drug-likeness (QED) is 0.733. The molecule has 5 nitrogen and oxygen atoms in total. The summed E-state index contributed by atoms with van der Waals surface area (Å²) in [6.45, 7) is -0.291. The predicted molar refractivity (Wildman–Crippen MR) is 79.0 cm³/mol. The number of rotatable bonds is 4. The van der Waals surface area contributed by atoms with Crippen molar-refractivity contribution in [3.63, 3.8) is 0 Å². The molecule has 1 aromatic carbocycles. The maximum absolute atomic E-state index is 13.3. The lowest BCUT2D eigenvalue weighted by Gasteiger charge is -2.36. The zero-order valence-corrected chi connectivity index (χ0v) is 13.0. The van der Waals surface area contributed by atoms with Crippen molar-refractivity contribution < 1.29 is 17.9 Å². The molecule has 1 fully saturated rings. The fraction of sp³-hybridized carbons (Fsp3) is 0.538. The highest BCUT2D eigenvalue weighted by Gasteiger charge is 2.36. The van der Waals surface area contributed by atoms with Gasteiger partial charge in [-0.1, -0.05) is 30.9 Å². The summed E-state index contributed by atoms with van der Waals surface area (Å²) in [6, 6.07) is 1.87. The first-order valence-corrected chi connectivity index (χ1v) is 8.55. The number of anilines is 1. The molecule has 0 spiro atoms. The highest BCUT2D eigenvalue weighted by Crippen LogP contribution is 2.32. The second kappa shape index (κ2) is 6.08. The molecule has 0 bridgehead atoms. The second-order valence-corrected chi connectivity index (χ2v) is 7.47. The third-order valence-electron chi connectivity index (χ3n) is 3.80. The van der Waals surface area contributed by atoms with Gasteiger partial charge in [0.15, 0.2) is 0 Å². The van der Waals surface area contributed by atoms with Crippen LogP contribution in [0, 0.1) is 5.82 Å². The number of sulfonamides is 1. The molecule has 0 atom stereocenters. The Morgan fingerprint density at radius 2 is 1.95 bits per heavy atom. The van der Waals surface area contributed by atoms with E-state index < -0.39 is 21.4 Å². The van der Waals surface area contributed by atoms with Crippen LogP contribution in [0.5, 0.6) is 0 Å². The maximum atomic E-state index is 13.3. The first-order chi connectivity index (χ1) is 9.80. The monoisotopic (exact) mass is 336 g/mol. The summed E-state index contributed by atoms with van der Waals surface area (Å²) in [5, 5.41) is 9.34. The summed E-state index contributed by atoms with van der Waals surface area (Å²) in [6.07, 6.45) is 3.78. The first kappa shape index (κ1) is 16.5. The molecule has 1 aliphatic carbocycles. The molecule has 0 radical (unpaired) electrons. The van der Waals surface area contributed by atoms with Crippen molar-refractivity contribution in [1.82, 2.24) is 4.72 Å². The number of halogens is 2. The predicted octanol–water partition coefficient (Wildman–Crippen LogP) is 2.03. The van der Waals surface area contributed by atoms with Gasteiger partial charge in [-0.05, 0) is 25.0 Å². The number of aliphatic hydroxyl groups excluding tert-OH is 1. The van der Waals surface area contributed by atoms with Crippen LogP contribution in [-0.2, 0) is 10.0 Å². The molecule has 4 N–H and O–H groups in total. The van der Waals surface area contributed by atoms with E-state index in [1.54, 1.807) is 0 Å². The largest absolute Gasteiger partial charge is 0.396 e. The van der Waals surface area contributed by atoms with Crippen molar-refractivity contribution in [1.29, 1.82) is 0 Å². The SMILES string of the molecule is Nc1cc(S(=O)(=O)NC2(CO)CCCCC2)c(Cl)cc1F. The Balaban J connectivity index is 2.36. The molecular weight excluding hydrogens is 319 g/mol. The van der Waals surface area contributed by atoms with E-state index in [-0.39, 0.29) is 22.2 Å². The number of nitrogens with one attached hydrogen (secondary N) is 1. The molecule has 2 rings (SSSR count). The summed E-state index contributed by atoms with van der Waals surface area (Å²) in [7, 11) is -3.99. The van der Waals surface area contributed by atoms with Crippen LogP contribution in [0.15, 0.2) is 17.0 Å². The van der Waals surface area contributed by atoms with Crippen molar-refractivity contribution >= 4 is 27.3 Å². The minimum Gasteiger partial charge on any atom is -0.396 e. The minimum atomic E-state index is -3.99. The van der Waals surface area contributed by atoms with Gasteiger partial charge in [0.25, 0.3) is 0 Å². The second-order valence-electron chi connectivity index (χ2n) is 5.41. The van der Waals surface area contributed by atoms with E-state index in [9.17, 15) is 17.9 Å². The van der Waals surface area contributed by atoms with Gasteiger partial charge < -0.3 is 10.8 Å². The molecule has 8 heteroatoms. The van der Waals surface area contributed by atoms with Crippen LogP contribution in [-0.4, -0.2) is 25.7 Å².